The Hall–Kier alpha value is -0.200. The van der Waals surface area contributed by atoms with Crippen molar-refractivity contribution < 1.29 is 4.74 Å². The number of nitrogens with two attached hydrogens (primary N) is 1. The van der Waals surface area contributed by atoms with Crippen molar-refractivity contribution in [2.75, 3.05) is 72.1 Å². The Labute approximate surface area is 130 Å². The molecule has 0 radical (unpaired) electrons. The molecule has 0 aromatic carbocycles. The molecule has 2 atom stereocenters. The molecular formula is C16H34N4O. The summed E-state index contributed by atoms with van der Waals surface area (Å²) in [6, 6.07) is 0. The van der Waals surface area contributed by atoms with Crippen LogP contribution in [0.1, 0.15) is 20.3 Å². The third kappa shape index (κ3) is 5.83. The highest BCUT2D eigenvalue weighted by atomic mass is 16.5. The first kappa shape index (κ1) is 17.2. The molecule has 2 heterocycles. The van der Waals surface area contributed by atoms with E-state index in [-0.39, 0.29) is 0 Å². The summed E-state index contributed by atoms with van der Waals surface area (Å²) in [6.45, 7) is 16.5. The fraction of sp³-hybridized carbons (Fsp3) is 1.00. The second-order valence-electron chi connectivity index (χ2n) is 6.68. The lowest BCUT2D eigenvalue weighted by Gasteiger charge is -2.35. The van der Waals surface area contributed by atoms with Crippen molar-refractivity contribution in [3.05, 3.63) is 0 Å². The Balaban J connectivity index is 1.72. The van der Waals surface area contributed by atoms with Gasteiger partial charge in [0.25, 0.3) is 0 Å². The molecule has 2 rings (SSSR count). The van der Waals surface area contributed by atoms with Gasteiger partial charge in [0.05, 0.1) is 12.7 Å². The van der Waals surface area contributed by atoms with Crippen LogP contribution < -0.4 is 5.73 Å². The molecule has 0 aromatic rings. The van der Waals surface area contributed by atoms with E-state index >= 15 is 0 Å². The first-order valence-corrected chi connectivity index (χ1v) is 8.70. The zero-order valence-corrected chi connectivity index (χ0v) is 14.0. The monoisotopic (exact) mass is 298 g/mol. The Morgan fingerprint density at radius 1 is 1.10 bits per heavy atom. The van der Waals surface area contributed by atoms with E-state index in [1.54, 1.807) is 0 Å². The zero-order chi connectivity index (χ0) is 15.1. The molecule has 2 saturated heterocycles. The van der Waals surface area contributed by atoms with Crippen LogP contribution >= 0.6 is 0 Å². The Morgan fingerprint density at radius 3 is 2.62 bits per heavy atom. The van der Waals surface area contributed by atoms with Gasteiger partial charge in [-0.15, -0.1) is 0 Å². The van der Waals surface area contributed by atoms with Gasteiger partial charge in [0, 0.05) is 39.3 Å². The summed E-state index contributed by atoms with van der Waals surface area (Å²) in [6.07, 6.45) is 1.66. The fourth-order valence-corrected chi connectivity index (χ4v) is 3.37. The largest absolute Gasteiger partial charge is 0.374 e. The van der Waals surface area contributed by atoms with Crippen molar-refractivity contribution in [2.24, 2.45) is 11.7 Å². The van der Waals surface area contributed by atoms with Crippen molar-refractivity contribution in [3.8, 4) is 0 Å². The Morgan fingerprint density at radius 2 is 1.86 bits per heavy atom. The van der Waals surface area contributed by atoms with E-state index in [4.69, 9.17) is 10.5 Å². The van der Waals surface area contributed by atoms with Crippen LogP contribution in [0.2, 0.25) is 0 Å². The molecule has 5 nitrogen and oxygen atoms in total. The second kappa shape index (κ2) is 9.06. The van der Waals surface area contributed by atoms with E-state index in [1.165, 1.54) is 32.6 Å². The molecule has 5 heteroatoms. The van der Waals surface area contributed by atoms with Crippen LogP contribution in [-0.2, 0) is 4.74 Å². The molecular weight excluding hydrogens is 264 g/mol. The average molecular weight is 298 g/mol. The van der Waals surface area contributed by atoms with Crippen LogP contribution in [-0.4, -0.2) is 92.9 Å². The zero-order valence-electron chi connectivity index (χ0n) is 14.0. The van der Waals surface area contributed by atoms with Crippen molar-refractivity contribution in [3.63, 3.8) is 0 Å². The number of rotatable bonds is 6. The van der Waals surface area contributed by atoms with Gasteiger partial charge in [-0.05, 0) is 38.5 Å². The van der Waals surface area contributed by atoms with E-state index in [1.807, 2.05) is 0 Å². The number of morpholine rings is 1. The minimum Gasteiger partial charge on any atom is -0.374 e. The maximum absolute atomic E-state index is 5.95. The van der Waals surface area contributed by atoms with E-state index in [0.717, 1.165) is 45.9 Å². The van der Waals surface area contributed by atoms with Crippen LogP contribution in [0.5, 0.6) is 0 Å². The van der Waals surface area contributed by atoms with Crippen LogP contribution in [0.25, 0.3) is 0 Å². The predicted octanol–water partition coefficient (Wildman–Crippen LogP) is 0.310. The fourth-order valence-electron chi connectivity index (χ4n) is 3.37. The van der Waals surface area contributed by atoms with E-state index < -0.39 is 0 Å². The lowest BCUT2D eigenvalue weighted by atomic mass is 10.1. The van der Waals surface area contributed by atoms with E-state index in [2.05, 4.69) is 28.5 Å². The maximum atomic E-state index is 5.95. The van der Waals surface area contributed by atoms with Crippen molar-refractivity contribution in [2.45, 2.75) is 26.4 Å². The predicted molar refractivity (Wildman–Crippen MR) is 87.6 cm³/mol. The molecule has 0 aliphatic carbocycles. The lowest BCUT2D eigenvalue weighted by Crippen LogP contribution is -2.48. The second-order valence-corrected chi connectivity index (χ2v) is 6.68. The van der Waals surface area contributed by atoms with Gasteiger partial charge >= 0.3 is 0 Å². The summed E-state index contributed by atoms with van der Waals surface area (Å²) in [5.41, 5.74) is 5.75. The summed E-state index contributed by atoms with van der Waals surface area (Å²) in [4.78, 5) is 7.68. The number of likely N-dealkylation sites (N-methyl/N-ethyl adjacent to an activating group) is 1. The average Bonchev–Trinajstić information content (AvgIpc) is 2.73. The van der Waals surface area contributed by atoms with Gasteiger partial charge in [-0.2, -0.15) is 0 Å². The number of hydrogen-bond acceptors (Lipinski definition) is 5. The van der Waals surface area contributed by atoms with Gasteiger partial charge in [-0.3, -0.25) is 9.80 Å². The van der Waals surface area contributed by atoms with Gasteiger partial charge < -0.3 is 15.4 Å². The van der Waals surface area contributed by atoms with E-state index in [0.29, 0.717) is 12.0 Å². The molecule has 2 unspecified atom stereocenters. The normalized spacial score (nSPS) is 28.4. The molecule has 2 aliphatic rings. The van der Waals surface area contributed by atoms with Crippen LogP contribution in [0.15, 0.2) is 0 Å². The molecule has 2 N–H and O–H groups in total. The Kier molecular flexibility index (Phi) is 7.40. The minimum absolute atomic E-state index is 0.396. The summed E-state index contributed by atoms with van der Waals surface area (Å²) >= 11 is 0. The minimum atomic E-state index is 0.396. The van der Waals surface area contributed by atoms with Crippen LogP contribution in [0.3, 0.4) is 0 Å². The molecule has 0 bridgehead atoms. The van der Waals surface area contributed by atoms with Gasteiger partial charge in [0.1, 0.15) is 0 Å². The standard InChI is InChI=1S/C16H34N4O/c1-3-18-9-10-21-16(13-18)14-20-6-4-5-19(7-8-20)12-15(2)11-17/h15-16H,3-14,17H2,1-2H3. The third-order valence-corrected chi connectivity index (χ3v) is 4.79. The number of nitrogens with zero attached hydrogens (tertiary/aromatic N) is 3. The maximum Gasteiger partial charge on any atom is 0.0829 e. The molecule has 21 heavy (non-hydrogen) atoms. The van der Waals surface area contributed by atoms with Crippen LogP contribution in [0.4, 0.5) is 0 Å². The van der Waals surface area contributed by atoms with Crippen molar-refractivity contribution >= 4 is 0 Å². The molecule has 2 aliphatic heterocycles. The lowest BCUT2D eigenvalue weighted by molar-refractivity contribution is -0.0413. The number of ether oxygens (including phenoxy) is 1. The van der Waals surface area contributed by atoms with Gasteiger partial charge in [0.2, 0.25) is 0 Å². The highest BCUT2D eigenvalue weighted by Crippen LogP contribution is 2.10. The molecule has 0 spiro atoms. The van der Waals surface area contributed by atoms with Gasteiger partial charge in [-0.25, -0.2) is 0 Å². The van der Waals surface area contributed by atoms with Gasteiger partial charge in [-0.1, -0.05) is 13.8 Å². The summed E-state index contributed by atoms with van der Waals surface area (Å²) in [5, 5.41) is 0. The number of hydrogen-bond donors (Lipinski definition) is 1. The Bertz CT molecular complexity index is 289. The smallest absolute Gasteiger partial charge is 0.0829 e. The first-order valence-electron chi connectivity index (χ1n) is 8.70. The topological polar surface area (TPSA) is 45.0 Å². The van der Waals surface area contributed by atoms with Crippen molar-refractivity contribution in [1.29, 1.82) is 0 Å². The highest BCUT2D eigenvalue weighted by Gasteiger charge is 2.23. The molecule has 0 saturated carbocycles. The third-order valence-electron chi connectivity index (χ3n) is 4.79. The van der Waals surface area contributed by atoms with Gasteiger partial charge in [0.15, 0.2) is 0 Å². The summed E-state index contributed by atoms with van der Waals surface area (Å²) < 4.78 is 5.95. The quantitative estimate of drug-likeness (QED) is 0.765. The SMILES string of the molecule is CCN1CCOC(CN2CCCN(CC(C)CN)CC2)C1. The first-order chi connectivity index (χ1) is 10.2. The summed E-state index contributed by atoms with van der Waals surface area (Å²) in [5.74, 6) is 0.608. The molecule has 124 valence electrons. The van der Waals surface area contributed by atoms with E-state index in [9.17, 15) is 0 Å². The molecule has 0 amide bonds. The highest BCUT2D eigenvalue weighted by molar-refractivity contribution is 4.77. The summed E-state index contributed by atoms with van der Waals surface area (Å²) in [7, 11) is 0. The van der Waals surface area contributed by atoms with Crippen molar-refractivity contribution in [1.82, 2.24) is 14.7 Å². The molecule has 2 fully saturated rings. The molecule has 0 aromatic heterocycles. The van der Waals surface area contributed by atoms with Crippen LogP contribution in [0, 0.1) is 5.92 Å².